The molecule has 0 aromatic rings. The van der Waals surface area contributed by atoms with Gasteiger partial charge in [-0.3, -0.25) is 9.59 Å². The van der Waals surface area contributed by atoms with Crippen molar-refractivity contribution in [1.29, 1.82) is 0 Å². The van der Waals surface area contributed by atoms with Crippen LogP contribution in [0, 0.1) is 0 Å². The maximum atomic E-state index is 10.5. The van der Waals surface area contributed by atoms with Gasteiger partial charge in [-0.15, -0.1) is 0 Å². The first-order valence-corrected chi connectivity index (χ1v) is 3.85. The Morgan fingerprint density at radius 2 is 2.00 bits per heavy atom. The van der Waals surface area contributed by atoms with Crippen molar-refractivity contribution in [3.63, 3.8) is 0 Å². The number of halogens is 1. The predicted octanol–water partition coefficient (Wildman–Crippen LogP) is -0.459. The molecule has 0 fully saturated rings. The van der Waals surface area contributed by atoms with Crippen molar-refractivity contribution in [3.8, 4) is 0 Å². The highest BCUT2D eigenvalue weighted by Crippen LogP contribution is 1.99. The van der Waals surface area contributed by atoms with Crippen LogP contribution < -0.4 is 11.5 Å². The molecule has 0 heterocycles. The van der Waals surface area contributed by atoms with Gasteiger partial charge < -0.3 is 11.5 Å². The summed E-state index contributed by atoms with van der Waals surface area (Å²) < 4.78 is -0.140. The van der Waals surface area contributed by atoms with E-state index in [1.165, 1.54) is 0 Å². The molecular formula is C5H9IN2O2. The monoisotopic (exact) mass is 256 g/mol. The third-order valence-corrected chi connectivity index (χ3v) is 1.79. The number of carbonyl (C=O) groups excluding carboxylic acids is 2. The molecule has 0 aromatic carbocycles. The largest absolute Gasteiger partial charge is 0.370 e. The first-order chi connectivity index (χ1) is 4.54. The lowest BCUT2D eigenvalue weighted by Crippen LogP contribution is -2.28. The molecule has 0 saturated carbocycles. The van der Waals surface area contributed by atoms with Crippen LogP contribution in [-0.2, 0) is 9.59 Å². The van der Waals surface area contributed by atoms with E-state index in [1.807, 2.05) is 0 Å². The quantitative estimate of drug-likeness (QED) is 0.527. The van der Waals surface area contributed by atoms with Gasteiger partial charge in [0.05, 0.1) is 6.04 Å². The van der Waals surface area contributed by atoms with Crippen LogP contribution in [0.3, 0.4) is 0 Å². The van der Waals surface area contributed by atoms with E-state index in [2.05, 4.69) is 0 Å². The van der Waals surface area contributed by atoms with Crippen LogP contribution in [0.1, 0.15) is 12.8 Å². The Morgan fingerprint density at radius 3 is 2.30 bits per heavy atom. The van der Waals surface area contributed by atoms with Crippen molar-refractivity contribution < 1.29 is 9.59 Å². The Hall–Kier alpha value is -0.170. The molecule has 0 aliphatic heterocycles. The molecule has 0 spiro atoms. The predicted molar refractivity (Wildman–Crippen MR) is 45.4 cm³/mol. The van der Waals surface area contributed by atoms with Crippen LogP contribution in [-0.4, -0.2) is 15.7 Å². The van der Waals surface area contributed by atoms with Gasteiger partial charge in [0.2, 0.25) is 9.70 Å². The molecule has 1 atom stereocenters. The van der Waals surface area contributed by atoms with Gasteiger partial charge in [-0.05, 0) is 6.42 Å². The van der Waals surface area contributed by atoms with E-state index in [-0.39, 0.29) is 10.2 Å². The normalized spacial score (nSPS) is 12.6. The molecule has 0 aliphatic carbocycles. The van der Waals surface area contributed by atoms with Crippen LogP contribution in [0.2, 0.25) is 0 Å². The summed E-state index contributed by atoms with van der Waals surface area (Å²) in [4.78, 5) is 20.6. The van der Waals surface area contributed by atoms with E-state index in [4.69, 9.17) is 11.5 Å². The molecule has 0 aliphatic rings. The summed E-state index contributed by atoms with van der Waals surface area (Å²) in [6, 6.07) is -0.548. The van der Waals surface area contributed by atoms with Gasteiger partial charge in [0.15, 0.2) is 0 Å². The highest BCUT2D eigenvalue weighted by atomic mass is 127. The van der Waals surface area contributed by atoms with Crippen molar-refractivity contribution in [2.45, 2.75) is 18.9 Å². The van der Waals surface area contributed by atoms with Gasteiger partial charge in [-0.25, -0.2) is 0 Å². The van der Waals surface area contributed by atoms with Crippen LogP contribution in [0.25, 0.3) is 0 Å². The molecular weight excluding hydrogens is 247 g/mol. The summed E-state index contributed by atoms with van der Waals surface area (Å²) in [5.41, 5.74) is 10.1. The lowest BCUT2D eigenvalue weighted by molar-refractivity contribution is -0.118. The molecule has 0 radical (unpaired) electrons. The van der Waals surface area contributed by atoms with Gasteiger partial charge in [0.1, 0.15) is 0 Å². The van der Waals surface area contributed by atoms with Crippen LogP contribution in [0.5, 0.6) is 0 Å². The Balaban J connectivity index is 3.49. The minimum absolute atomic E-state index is 0.140. The summed E-state index contributed by atoms with van der Waals surface area (Å²) in [5, 5.41) is 0. The van der Waals surface area contributed by atoms with E-state index in [9.17, 15) is 9.59 Å². The summed E-state index contributed by atoms with van der Waals surface area (Å²) >= 11 is 1.60. The van der Waals surface area contributed by atoms with E-state index in [1.54, 1.807) is 22.6 Å². The Morgan fingerprint density at radius 1 is 1.50 bits per heavy atom. The van der Waals surface area contributed by atoms with Gasteiger partial charge >= 0.3 is 0 Å². The molecule has 0 saturated heterocycles. The first-order valence-electron chi connectivity index (χ1n) is 2.77. The number of hydrogen-bond donors (Lipinski definition) is 2. The first kappa shape index (κ1) is 9.83. The number of primary amides is 1. The van der Waals surface area contributed by atoms with Crippen molar-refractivity contribution >= 4 is 32.3 Å². The topological polar surface area (TPSA) is 86.2 Å². The zero-order valence-electron chi connectivity index (χ0n) is 5.34. The Kier molecular flexibility index (Phi) is 4.54. The Bertz CT molecular complexity index is 149. The molecule has 58 valence electrons. The van der Waals surface area contributed by atoms with E-state index in [0.29, 0.717) is 6.42 Å². The van der Waals surface area contributed by atoms with Crippen LogP contribution in [0.4, 0.5) is 0 Å². The third-order valence-electron chi connectivity index (χ3n) is 0.993. The minimum Gasteiger partial charge on any atom is -0.370 e. The van der Waals surface area contributed by atoms with Gasteiger partial charge in [0.25, 0.3) is 0 Å². The summed E-state index contributed by atoms with van der Waals surface area (Å²) in [7, 11) is 0. The lowest BCUT2D eigenvalue weighted by atomic mass is 10.2. The molecule has 0 bridgehead atoms. The average Bonchev–Trinajstić information content (AvgIpc) is 1.82. The van der Waals surface area contributed by atoms with E-state index >= 15 is 0 Å². The number of amides is 1. The smallest absolute Gasteiger partial charge is 0.217 e. The second-order valence-corrected chi connectivity index (χ2v) is 2.98. The standard InChI is InChI=1S/C5H9IN2O2/c6-5(10)3(7)1-2-4(8)9/h3H,1-2,7H2,(H2,8,9)/t3-/m1/s1. The van der Waals surface area contributed by atoms with E-state index < -0.39 is 11.9 Å². The maximum Gasteiger partial charge on any atom is 0.217 e. The van der Waals surface area contributed by atoms with E-state index in [0.717, 1.165) is 0 Å². The summed E-state index contributed by atoms with van der Waals surface area (Å²) in [6.45, 7) is 0. The van der Waals surface area contributed by atoms with Gasteiger partial charge in [0, 0.05) is 29.0 Å². The average molecular weight is 256 g/mol. The minimum atomic E-state index is -0.548. The summed E-state index contributed by atoms with van der Waals surface area (Å²) in [5.74, 6) is -0.423. The fourth-order valence-corrected chi connectivity index (χ4v) is 0.723. The number of rotatable bonds is 4. The Labute approximate surface area is 72.5 Å². The molecule has 10 heavy (non-hydrogen) atoms. The van der Waals surface area contributed by atoms with Gasteiger partial charge in [-0.2, -0.15) is 0 Å². The number of carbonyl (C=O) groups is 2. The third kappa shape index (κ3) is 4.68. The molecule has 5 heteroatoms. The summed E-state index contributed by atoms with van der Waals surface area (Å²) in [6.07, 6.45) is 0.521. The SMILES string of the molecule is NC(=O)CC[C@@H](N)C(=O)I. The van der Waals surface area contributed by atoms with Gasteiger partial charge in [-0.1, -0.05) is 0 Å². The fourth-order valence-electron chi connectivity index (χ4n) is 0.411. The zero-order valence-corrected chi connectivity index (χ0v) is 7.50. The number of hydrogen-bond acceptors (Lipinski definition) is 3. The van der Waals surface area contributed by atoms with Crippen LogP contribution in [0.15, 0.2) is 0 Å². The second kappa shape index (κ2) is 4.62. The maximum absolute atomic E-state index is 10.5. The zero-order chi connectivity index (χ0) is 8.15. The highest BCUT2D eigenvalue weighted by Gasteiger charge is 2.09. The van der Waals surface area contributed by atoms with Crippen LogP contribution >= 0.6 is 22.6 Å². The lowest BCUT2D eigenvalue weighted by Gasteiger charge is -2.02. The molecule has 1 amide bonds. The fraction of sp³-hybridized carbons (Fsp3) is 0.600. The van der Waals surface area contributed by atoms with Crippen molar-refractivity contribution in [2.75, 3.05) is 0 Å². The van der Waals surface area contributed by atoms with Crippen molar-refractivity contribution in [2.24, 2.45) is 11.5 Å². The molecule has 0 unspecified atom stereocenters. The van der Waals surface area contributed by atoms with Crippen molar-refractivity contribution in [3.05, 3.63) is 0 Å². The highest BCUT2D eigenvalue weighted by molar-refractivity contribution is 14.1. The second-order valence-electron chi connectivity index (χ2n) is 1.92. The van der Waals surface area contributed by atoms with Crippen molar-refractivity contribution in [1.82, 2.24) is 0 Å². The molecule has 4 nitrogen and oxygen atoms in total. The number of nitrogens with two attached hydrogens (primary N) is 2. The molecule has 4 N–H and O–H groups in total. The molecule has 0 rings (SSSR count). The molecule has 0 aromatic heterocycles.